The molecular weight excluding hydrogens is 1840 g/mol. The van der Waals surface area contributed by atoms with E-state index in [9.17, 15) is 9.59 Å². The highest BCUT2D eigenvalue weighted by atomic mass is 35.5. The van der Waals surface area contributed by atoms with Crippen molar-refractivity contribution in [2.24, 2.45) is 40.7 Å². The van der Waals surface area contributed by atoms with Crippen LogP contribution < -0.4 is 51.8 Å². The van der Waals surface area contributed by atoms with Gasteiger partial charge in [0.05, 0.1) is 95.6 Å². The van der Waals surface area contributed by atoms with Gasteiger partial charge in [0.15, 0.2) is 34.2 Å². The van der Waals surface area contributed by atoms with Crippen LogP contribution in [0.3, 0.4) is 0 Å². The van der Waals surface area contributed by atoms with E-state index in [0.29, 0.717) is 177 Å². The van der Waals surface area contributed by atoms with Crippen molar-refractivity contribution in [1.82, 2.24) is 57.3 Å². The lowest BCUT2D eigenvalue weighted by Crippen LogP contribution is -2.48. The highest BCUT2D eigenvalue weighted by Crippen LogP contribution is 2.45. The van der Waals surface area contributed by atoms with E-state index in [-0.39, 0.29) is 31.4 Å². The molecule has 4 aliphatic rings. The first-order valence-electron chi connectivity index (χ1n) is 43.8. The number of nitrogens with two attached hydrogens (primary N) is 4. The van der Waals surface area contributed by atoms with Crippen LogP contribution in [0.25, 0.3) is 89.6 Å². The number of carbonyl (C=O) groups is 2. The van der Waals surface area contributed by atoms with Gasteiger partial charge in [0.2, 0.25) is 5.91 Å². The third kappa shape index (κ3) is 21.7. The minimum Gasteiger partial charge on any atom is -0.489 e. The molecule has 4 saturated heterocycles. The number of imidazole rings is 4. The van der Waals surface area contributed by atoms with Crippen LogP contribution in [0.2, 0.25) is 40.2 Å². The normalized spacial score (nSPS) is 14.3. The summed E-state index contributed by atoms with van der Waals surface area (Å²) in [5.74, 6) is 5.73. The summed E-state index contributed by atoms with van der Waals surface area (Å²) in [5, 5.41) is 4.44. The number of piperazine rings is 1. The number of aromatic nitrogens is 10. The smallest absolute Gasteiger partial charge is 0.272 e. The Balaban J connectivity index is 0.000000135. The summed E-state index contributed by atoms with van der Waals surface area (Å²) in [5.41, 5.74) is 42.0. The molecule has 14 aromatic rings. The van der Waals surface area contributed by atoms with Crippen molar-refractivity contribution in [2.75, 3.05) is 140 Å². The molecular formula is C97H105Cl8N19O8. The van der Waals surface area contributed by atoms with Crippen LogP contribution in [0.1, 0.15) is 81.2 Å². The number of carbonyl (C=O) groups excluding carboxylic acids is 2. The number of hydrogen-bond acceptors (Lipinski definition) is 21. The highest BCUT2D eigenvalue weighted by molar-refractivity contribution is 6.38. The predicted molar refractivity (Wildman–Crippen MR) is 529 cm³/mol. The zero-order chi connectivity index (χ0) is 93.1. The van der Waals surface area contributed by atoms with E-state index < -0.39 is 0 Å². The summed E-state index contributed by atoms with van der Waals surface area (Å²) in [6, 6.07) is 31.9. The van der Waals surface area contributed by atoms with Crippen LogP contribution in [0.5, 0.6) is 17.2 Å². The van der Waals surface area contributed by atoms with Crippen molar-refractivity contribution in [3.63, 3.8) is 0 Å². The predicted octanol–water partition coefficient (Wildman–Crippen LogP) is 19.1. The van der Waals surface area contributed by atoms with E-state index in [2.05, 4.69) is 87.7 Å². The van der Waals surface area contributed by atoms with Crippen molar-refractivity contribution < 1.29 is 38.0 Å². The third-order valence-electron chi connectivity index (χ3n) is 23.0. The molecule has 8 N–H and O–H groups in total. The van der Waals surface area contributed by atoms with Crippen LogP contribution in [-0.4, -0.2) is 194 Å². The fourth-order valence-corrected chi connectivity index (χ4v) is 18.3. The molecule has 0 saturated carbocycles. The Labute approximate surface area is 806 Å². The number of ether oxygens (including phenoxy) is 6. The van der Waals surface area contributed by atoms with E-state index >= 15 is 0 Å². The number of halogens is 8. The number of pyridine rings is 6. The lowest BCUT2D eigenvalue weighted by Gasteiger charge is -2.35. The van der Waals surface area contributed by atoms with E-state index in [1.807, 2.05) is 130 Å². The second-order valence-electron chi connectivity index (χ2n) is 33.5. The number of amides is 2. The monoisotopic (exact) mass is 1940 g/mol. The molecule has 10 aromatic heterocycles. The number of hydrogen-bond donors (Lipinski definition) is 4. The first-order chi connectivity index (χ1) is 63.8. The SMILES string of the molecule is CC(=O)N1CCN(c2cnc3cc(CN)c(-c4ccc(Cl)cc4Cl)cn23)CC1.CC(C)COc1c(CN)c(-c2ccc(Cl)cc2Cl)cn2c(-c3ccc(N4CCOCC4)nc3)cnc12.CC(C)COc1c(CN)c(-c2ccc(Cl)cc2Cl)cn2c(-c3ccnc(N4CCOCC4)c3)cnc12.CC(C)COc1c(CN)c(-c2ccc(Cl)cc2Cl)cn2c(C(=O)N3CCOCC3)cnc12. The fourth-order valence-electron chi connectivity index (χ4n) is 16.2. The lowest BCUT2D eigenvalue weighted by molar-refractivity contribution is -0.129. The highest BCUT2D eigenvalue weighted by Gasteiger charge is 2.31. The second-order valence-corrected chi connectivity index (χ2v) is 36.8. The molecule has 0 bridgehead atoms. The van der Waals surface area contributed by atoms with Crippen molar-refractivity contribution in [3.05, 3.63) is 233 Å². The summed E-state index contributed by atoms with van der Waals surface area (Å²) in [4.78, 5) is 63.1. The molecule has 0 radical (unpaired) electrons. The van der Waals surface area contributed by atoms with Crippen LogP contribution in [0, 0.1) is 17.8 Å². The molecule has 0 aliphatic carbocycles. The number of fused-ring (bicyclic) bond motifs is 4. The Hall–Kier alpha value is -10.3. The molecule has 0 spiro atoms. The van der Waals surface area contributed by atoms with Gasteiger partial charge in [-0.3, -0.25) is 27.2 Å². The summed E-state index contributed by atoms with van der Waals surface area (Å²) in [6.07, 6.45) is 18.8. The Kier molecular flexibility index (Phi) is 32.0. The van der Waals surface area contributed by atoms with Gasteiger partial charge in [-0.05, 0) is 102 Å². The molecule has 35 heteroatoms. The molecule has 27 nitrogen and oxygen atoms in total. The molecule has 692 valence electrons. The summed E-state index contributed by atoms with van der Waals surface area (Å²) < 4.78 is 43.1. The Morgan fingerprint density at radius 3 is 1.22 bits per heavy atom. The minimum absolute atomic E-state index is 0.107. The van der Waals surface area contributed by atoms with Crippen molar-refractivity contribution in [2.45, 2.75) is 74.6 Å². The third-order valence-corrected chi connectivity index (χ3v) is 25.2. The molecule has 132 heavy (non-hydrogen) atoms. The Morgan fingerprint density at radius 1 is 0.379 bits per heavy atom. The topological polar surface area (TPSA) is 305 Å². The second kappa shape index (κ2) is 43.8. The largest absolute Gasteiger partial charge is 0.489 e. The molecule has 4 aliphatic heterocycles. The van der Waals surface area contributed by atoms with Gasteiger partial charge in [-0.25, -0.2) is 29.9 Å². The van der Waals surface area contributed by atoms with E-state index in [4.69, 9.17) is 159 Å². The standard InChI is InChI=1S/2C27H29Cl2N5O2.C23H26Cl2N4O3.C20H21Cl2N5O/c1-17(2)16-36-26-21(12-30)22(20-5-4-19(28)11-23(20)29)15-34-24(14-32-27(26)34)18-3-6-25(31-13-18)33-7-9-35-10-8-33;1-17(2)16-36-26-21(13-30)22(20-4-3-19(28)12-23(20)29)15-34-24(14-32-27(26)34)18-5-6-31-25(11-18)33-7-9-35-10-8-33;1-14(2)13-32-21-17(10-26)18(16-4-3-15(24)9-19(16)25)12-29-20(11-27-22(21)29)23(30)28-5-7-31-8-6-28;1-13(28)25-4-6-26(7-5-25)20-11-24-19-8-14(10-23)17(12-27(19)20)16-3-2-15(21)9-18(16)22/h3-6,11,13-15,17H,7-10,12,16,30H2,1-2H3;3-6,11-12,14-15,17H,7-10,13,16,30H2,1-2H3;3-4,9,11-12,14H,5-8,10,13,26H2,1-2H3;2-3,8-9,11-12H,4-7,10,23H2,1H3. The summed E-state index contributed by atoms with van der Waals surface area (Å²) in [6.45, 7) is 28.1. The first-order valence-corrected chi connectivity index (χ1v) is 46.9. The van der Waals surface area contributed by atoms with E-state index in [1.54, 1.807) is 52.8 Å². The van der Waals surface area contributed by atoms with E-state index in [1.165, 1.54) is 0 Å². The summed E-state index contributed by atoms with van der Waals surface area (Å²) >= 11 is 50.8. The maximum Gasteiger partial charge on any atom is 0.272 e. The summed E-state index contributed by atoms with van der Waals surface area (Å²) in [7, 11) is 0. The van der Waals surface area contributed by atoms with Gasteiger partial charge >= 0.3 is 0 Å². The maximum absolute atomic E-state index is 13.3. The van der Waals surface area contributed by atoms with E-state index in [0.717, 1.165) is 165 Å². The Morgan fingerprint density at radius 2 is 0.795 bits per heavy atom. The van der Waals surface area contributed by atoms with Gasteiger partial charge in [0.25, 0.3) is 5.91 Å². The maximum atomic E-state index is 13.3. The van der Waals surface area contributed by atoms with Crippen molar-refractivity contribution in [1.29, 1.82) is 0 Å². The van der Waals surface area contributed by atoms with Gasteiger partial charge in [0.1, 0.15) is 28.8 Å². The molecule has 14 heterocycles. The zero-order valence-corrected chi connectivity index (χ0v) is 80.4. The quantitative estimate of drug-likeness (QED) is 0.0462. The van der Waals surface area contributed by atoms with Gasteiger partial charge in [-0.1, -0.05) is 159 Å². The molecule has 4 fully saturated rings. The van der Waals surface area contributed by atoms with Crippen LogP contribution in [-0.2, 0) is 45.2 Å². The first kappa shape index (κ1) is 96.3. The van der Waals surface area contributed by atoms with Gasteiger partial charge in [0, 0.05) is 248 Å². The molecule has 0 unspecified atom stereocenters. The average Bonchev–Trinajstić information content (AvgIpc) is 1.57. The van der Waals surface area contributed by atoms with Gasteiger partial charge in [-0.15, -0.1) is 0 Å². The Bertz CT molecular complexity index is 6460. The number of anilines is 3. The zero-order valence-electron chi connectivity index (χ0n) is 74.4. The van der Waals surface area contributed by atoms with Gasteiger partial charge in [-0.2, -0.15) is 0 Å². The number of rotatable bonds is 23. The van der Waals surface area contributed by atoms with Crippen LogP contribution in [0.15, 0.2) is 165 Å². The average molecular weight is 1950 g/mol. The minimum atomic E-state index is -0.107. The number of benzene rings is 4. The molecule has 18 rings (SSSR count). The van der Waals surface area contributed by atoms with Gasteiger partial charge < -0.3 is 75.9 Å². The fraction of sp³-hybridized carbons (Fsp3) is 0.340. The van der Waals surface area contributed by atoms with Crippen molar-refractivity contribution >= 4 is 145 Å². The van der Waals surface area contributed by atoms with Crippen LogP contribution >= 0.6 is 92.8 Å². The molecule has 2 amide bonds. The number of morpholine rings is 3. The molecule has 4 aromatic carbocycles. The van der Waals surface area contributed by atoms with Crippen LogP contribution in [0.4, 0.5) is 17.5 Å². The lowest BCUT2D eigenvalue weighted by atomic mass is 10.0. The van der Waals surface area contributed by atoms with Crippen molar-refractivity contribution in [3.8, 4) is 84.3 Å². The number of nitrogens with zero attached hydrogens (tertiary/aromatic N) is 15. The molecule has 0 atom stereocenters.